The van der Waals surface area contributed by atoms with E-state index in [1.807, 2.05) is 30.0 Å². The molecule has 2 fully saturated rings. The van der Waals surface area contributed by atoms with E-state index in [2.05, 4.69) is 18.3 Å². The molecule has 138 valence electrons. The molecule has 26 heavy (non-hydrogen) atoms. The maximum Gasteiger partial charge on any atom is 0.256 e. The SMILES string of the molecule is Cc1ccc(-c2ccc(C(=O)N3C[C@H]4CNC[C@H]4C3)c(F)c2)cc1C.Cl. The third-order valence-corrected chi connectivity index (χ3v) is 5.72. The number of likely N-dealkylation sites (tertiary alicyclic amines) is 1. The minimum Gasteiger partial charge on any atom is -0.338 e. The number of aryl methyl sites for hydroxylation is 2. The molecule has 0 saturated carbocycles. The molecule has 5 heteroatoms. The highest BCUT2D eigenvalue weighted by atomic mass is 35.5. The lowest BCUT2D eigenvalue weighted by Gasteiger charge is -2.18. The fraction of sp³-hybridized carbons (Fsp3) is 0.381. The Morgan fingerprint density at radius 1 is 1.00 bits per heavy atom. The van der Waals surface area contributed by atoms with Crippen LogP contribution in [0.15, 0.2) is 36.4 Å². The maximum absolute atomic E-state index is 14.6. The van der Waals surface area contributed by atoms with Gasteiger partial charge in [-0.25, -0.2) is 4.39 Å². The number of amides is 1. The number of benzene rings is 2. The van der Waals surface area contributed by atoms with Crippen LogP contribution in [0.3, 0.4) is 0 Å². The van der Waals surface area contributed by atoms with E-state index in [-0.39, 0.29) is 23.9 Å². The molecule has 2 atom stereocenters. The second-order valence-electron chi connectivity index (χ2n) is 7.38. The third-order valence-electron chi connectivity index (χ3n) is 5.72. The Balaban J connectivity index is 0.00000196. The fourth-order valence-corrected chi connectivity index (χ4v) is 3.98. The Morgan fingerprint density at radius 2 is 1.62 bits per heavy atom. The lowest BCUT2D eigenvalue weighted by atomic mass is 9.99. The van der Waals surface area contributed by atoms with Gasteiger partial charge < -0.3 is 10.2 Å². The monoisotopic (exact) mass is 374 g/mol. The molecule has 0 bridgehead atoms. The smallest absolute Gasteiger partial charge is 0.256 e. The molecule has 1 N–H and O–H groups in total. The van der Waals surface area contributed by atoms with Gasteiger partial charge in [-0.3, -0.25) is 4.79 Å². The van der Waals surface area contributed by atoms with E-state index < -0.39 is 5.82 Å². The topological polar surface area (TPSA) is 32.3 Å². The number of carbonyl (C=O) groups is 1. The zero-order valence-electron chi connectivity index (χ0n) is 15.1. The van der Waals surface area contributed by atoms with Crippen LogP contribution < -0.4 is 5.32 Å². The summed E-state index contributed by atoms with van der Waals surface area (Å²) < 4.78 is 14.6. The first-order valence-corrected chi connectivity index (χ1v) is 8.90. The van der Waals surface area contributed by atoms with Crippen LogP contribution in [0.25, 0.3) is 11.1 Å². The average molecular weight is 375 g/mol. The largest absolute Gasteiger partial charge is 0.338 e. The molecule has 2 aromatic rings. The van der Waals surface area contributed by atoms with Crippen molar-refractivity contribution in [1.82, 2.24) is 10.2 Å². The van der Waals surface area contributed by atoms with Gasteiger partial charge in [-0.15, -0.1) is 12.4 Å². The summed E-state index contributed by atoms with van der Waals surface area (Å²) in [6.45, 7) is 7.49. The molecular formula is C21H24ClFN2O. The van der Waals surface area contributed by atoms with Crippen LogP contribution in [0, 0.1) is 31.5 Å². The lowest BCUT2D eigenvalue weighted by molar-refractivity contribution is 0.0777. The van der Waals surface area contributed by atoms with Gasteiger partial charge in [0.15, 0.2) is 0 Å². The molecule has 2 saturated heterocycles. The lowest BCUT2D eigenvalue weighted by Crippen LogP contribution is -2.32. The number of rotatable bonds is 2. The van der Waals surface area contributed by atoms with Crippen LogP contribution in [0.4, 0.5) is 4.39 Å². The molecule has 2 aliphatic rings. The molecule has 2 aliphatic heterocycles. The van der Waals surface area contributed by atoms with Gasteiger partial charge in [0.25, 0.3) is 5.91 Å². The Labute approximate surface area is 160 Å². The van der Waals surface area contributed by atoms with Gasteiger partial charge in [0, 0.05) is 26.2 Å². The maximum atomic E-state index is 14.6. The van der Waals surface area contributed by atoms with Crippen molar-refractivity contribution < 1.29 is 9.18 Å². The van der Waals surface area contributed by atoms with Crippen LogP contribution in [0.2, 0.25) is 0 Å². The van der Waals surface area contributed by atoms with Gasteiger partial charge in [-0.2, -0.15) is 0 Å². The summed E-state index contributed by atoms with van der Waals surface area (Å²) in [6.07, 6.45) is 0. The second-order valence-corrected chi connectivity index (χ2v) is 7.38. The van der Waals surface area contributed by atoms with Gasteiger partial charge in [0.1, 0.15) is 5.82 Å². The van der Waals surface area contributed by atoms with E-state index in [9.17, 15) is 9.18 Å². The number of hydrogen-bond donors (Lipinski definition) is 1. The molecule has 0 unspecified atom stereocenters. The van der Waals surface area contributed by atoms with Crippen LogP contribution >= 0.6 is 12.4 Å². The first-order chi connectivity index (χ1) is 12.0. The van der Waals surface area contributed by atoms with Crippen molar-refractivity contribution in [3.63, 3.8) is 0 Å². The molecule has 0 radical (unpaired) electrons. The molecule has 4 rings (SSSR count). The average Bonchev–Trinajstić information content (AvgIpc) is 3.18. The summed E-state index contributed by atoms with van der Waals surface area (Å²) in [7, 11) is 0. The van der Waals surface area contributed by atoms with E-state index in [0.29, 0.717) is 11.8 Å². The van der Waals surface area contributed by atoms with Crippen molar-refractivity contribution in [2.75, 3.05) is 26.2 Å². The molecule has 0 spiro atoms. The predicted octanol–water partition coefficient (Wildman–Crippen LogP) is 3.82. The second kappa shape index (κ2) is 7.37. The number of nitrogens with one attached hydrogen (secondary N) is 1. The van der Waals surface area contributed by atoms with Gasteiger partial charge in [-0.05, 0) is 60.1 Å². The van der Waals surface area contributed by atoms with Crippen molar-refractivity contribution in [2.45, 2.75) is 13.8 Å². The summed E-state index contributed by atoms with van der Waals surface area (Å²) in [5.41, 5.74) is 4.35. The molecular weight excluding hydrogens is 351 g/mol. The molecule has 2 heterocycles. The highest BCUT2D eigenvalue weighted by molar-refractivity contribution is 5.95. The minimum absolute atomic E-state index is 0. The first kappa shape index (κ1) is 18.9. The number of fused-ring (bicyclic) bond motifs is 1. The predicted molar refractivity (Wildman–Crippen MR) is 104 cm³/mol. The zero-order chi connectivity index (χ0) is 17.6. The Hall–Kier alpha value is -1.91. The van der Waals surface area contributed by atoms with Gasteiger partial charge in [0.05, 0.1) is 5.56 Å². The molecule has 2 aromatic carbocycles. The summed E-state index contributed by atoms with van der Waals surface area (Å²) in [6, 6.07) is 11.1. The molecule has 1 amide bonds. The third kappa shape index (κ3) is 3.36. The fourth-order valence-electron chi connectivity index (χ4n) is 3.98. The Morgan fingerprint density at radius 3 is 2.23 bits per heavy atom. The van der Waals surface area contributed by atoms with Crippen LogP contribution in [-0.4, -0.2) is 37.0 Å². The number of nitrogens with zero attached hydrogens (tertiary/aromatic N) is 1. The van der Waals surface area contributed by atoms with Crippen molar-refractivity contribution >= 4 is 18.3 Å². The highest BCUT2D eigenvalue weighted by Crippen LogP contribution is 2.29. The molecule has 0 aromatic heterocycles. The molecule has 0 aliphatic carbocycles. The van der Waals surface area contributed by atoms with E-state index in [4.69, 9.17) is 0 Å². The minimum atomic E-state index is -0.434. The van der Waals surface area contributed by atoms with E-state index in [0.717, 1.165) is 37.3 Å². The van der Waals surface area contributed by atoms with Crippen LogP contribution in [-0.2, 0) is 0 Å². The van der Waals surface area contributed by atoms with Crippen molar-refractivity contribution in [3.8, 4) is 11.1 Å². The highest BCUT2D eigenvalue weighted by Gasteiger charge is 2.38. The normalized spacial score (nSPS) is 21.4. The van der Waals surface area contributed by atoms with Gasteiger partial charge in [0.2, 0.25) is 0 Å². The summed E-state index contributed by atoms with van der Waals surface area (Å²) in [5.74, 6) is 0.415. The van der Waals surface area contributed by atoms with Crippen LogP contribution in [0.1, 0.15) is 21.5 Å². The van der Waals surface area contributed by atoms with E-state index in [1.165, 1.54) is 17.2 Å². The summed E-state index contributed by atoms with van der Waals surface area (Å²) in [4.78, 5) is 14.5. The zero-order valence-corrected chi connectivity index (χ0v) is 15.9. The quantitative estimate of drug-likeness (QED) is 0.866. The first-order valence-electron chi connectivity index (χ1n) is 8.90. The van der Waals surface area contributed by atoms with Crippen molar-refractivity contribution in [3.05, 3.63) is 58.9 Å². The van der Waals surface area contributed by atoms with Crippen molar-refractivity contribution in [1.29, 1.82) is 0 Å². The number of halogens is 2. The van der Waals surface area contributed by atoms with E-state index >= 15 is 0 Å². The van der Waals surface area contributed by atoms with Gasteiger partial charge in [-0.1, -0.05) is 24.3 Å². The van der Waals surface area contributed by atoms with E-state index in [1.54, 1.807) is 6.07 Å². The summed E-state index contributed by atoms with van der Waals surface area (Å²) >= 11 is 0. The Bertz CT molecular complexity index is 827. The number of hydrogen-bond acceptors (Lipinski definition) is 2. The summed E-state index contributed by atoms with van der Waals surface area (Å²) in [5, 5.41) is 3.36. The molecule has 3 nitrogen and oxygen atoms in total. The number of carbonyl (C=O) groups excluding carboxylic acids is 1. The van der Waals surface area contributed by atoms with Crippen LogP contribution in [0.5, 0.6) is 0 Å². The van der Waals surface area contributed by atoms with Gasteiger partial charge >= 0.3 is 0 Å². The standard InChI is InChI=1S/C21H23FN2O.ClH/c1-13-3-4-15(7-14(13)2)16-5-6-19(20(22)8-16)21(25)24-11-17-9-23-10-18(17)12-24;/h3-8,17-18,23H,9-12H2,1-2H3;1H/t17-,18+;. The Kier molecular flexibility index (Phi) is 5.35. The van der Waals surface area contributed by atoms with Crippen molar-refractivity contribution in [2.24, 2.45) is 11.8 Å².